The lowest BCUT2D eigenvalue weighted by molar-refractivity contribution is 0.590. The molecule has 0 spiro atoms. The van der Waals surface area contributed by atoms with E-state index < -0.39 is 0 Å². The molecule has 0 heterocycles. The molecule has 0 nitrogen and oxygen atoms in total. The molecule has 0 atom stereocenters. The molecule has 0 aliphatic carbocycles. The minimum atomic E-state index is 0.149. The minimum absolute atomic E-state index is 0.149. The summed E-state index contributed by atoms with van der Waals surface area (Å²) in [6.45, 7) is 29.2. The highest BCUT2D eigenvalue weighted by Gasteiger charge is 2.21. The molecule has 0 saturated carbocycles. The van der Waals surface area contributed by atoms with Crippen LogP contribution < -0.4 is 0 Å². The van der Waals surface area contributed by atoms with Gasteiger partial charge in [0.2, 0.25) is 0 Å². The largest absolute Gasteiger partial charge is 0.0654 e. The Morgan fingerprint density at radius 1 is 0.179 bits per heavy atom. The molecule has 0 aromatic heterocycles. The first-order valence-electron chi connectivity index (χ1n) is 45.5. The Labute approximate surface area is 733 Å². The summed E-state index contributed by atoms with van der Waals surface area (Å²) in [6.07, 6.45) is 14.5. The average Bonchev–Trinajstić information content (AvgIpc) is 0.754. The predicted octanol–water partition coefficient (Wildman–Crippen LogP) is 35.9. The molecule has 0 saturated heterocycles. The van der Waals surface area contributed by atoms with Crippen molar-refractivity contribution in [3.8, 4) is 100 Å². The zero-order valence-corrected chi connectivity index (χ0v) is 74.9. The van der Waals surface area contributed by atoms with E-state index in [1.54, 1.807) is 0 Å². The van der Waals surface area contributed by atoms with Crippen molar-refractivity contribution in [2.45, 2.75) is 178 Å². The van der Waals surface area contributed by atoms with Crippen LogP contribution in [-0.2, 0) is 36.5 Å². The van der Waals surface area contributed by atoms with Crippen LogP contribution in [0.15, 0.2) is 346 Å². The maximum atomic E-state index is 2.40. The highest BCUT2D eigenvalue weighted by atomic mass is 14.2. The van der Waals surface area contributed by atoms with Crippen molar-refractivity contribution in [1.82, 2.24) is 0 Å². The Balaban J connectivity index is 0.000000137. The van der Waals surface area contributed by atoms with E-state index in [-0.39, 0.29) is 10.8 Å². The summed E-state index contributed by atoms with van der Waals surface area (Å²) in [5, 5.41) is 15.5. The Morgan fingerprint density at radius 2 is 0.415 bits per heavy atom. The van der Waals surface area contributed by atoms with Crippen molar-refractivity contribution >= 4 is 64.6 Å². The second-order valence-electron chi connectivity index (χ2n) is 36.8. The number of aryl methyl sites for hydroxylation is 7. The van der Waals surface area contributed by atoms with Gasteiger partial charge in [0.15, 0.2) is 0 Å². The van der Waals surface area contributed by atoms with Crippen LogP contribution in [-0.4, -0.2) is 0 Å². The third kappa shape index (κ3) is 19.4. The fourth-order valence-corrected chi connectivity index (χ4v) is 18.2. The highest BCUT2D eigenvalue weighted by molar-refractivity contribution is 6.17. The number of rotatable bonds is 21. The van der Waals surface area contributed by atoms with Gasteiger partial charge in [0, 0.05) is 0 Å². The van der Waals surface area contributed by atoms with E-state index in [4.69, 9.17) is 0 Å². The fourth-order valence-electron chi connectivity index (χ4n) is 18.2. The number of benzene rings is 18. The van der Waals surface area contributed by atoms with Crippen molar-refractivity contribution < 1.29 is 0 Å². The molecule has 0 heteroatoms. The van der Waals surface area contributed by atoms with Crippen LogP contribution in [0.4, 0.5) is 0 Å². The van der Waals surface area contributed by atoms with Crippen LogP contribution in [0.3, 0.4) is 0 Å². The van der Waals surface area contributed by atoms with Crippen LogP contribution in [0.25, 0.3) is 165 Å². The van der Waals surface area contributed by atoms with Crippen molar-refractivity contribution in [2.24, 2.45) is 0 Å². The van der Waals surface area contributed by atoms with E-state index >= 15 is 0 Å². The standard InChI is InChI=1S/C42H42.C41H40.C40H38/c1-5-7-9-31-11-15-33(16-12-31)35-19-21-40-37(26-35)28-38-27-36(34-17-13-32(14-18-34)10-8-6-2)20-22-41(38)42(40)39-24-29(3)23-30(4)25-39;1-4-6-10-30-13-17-32(18-14-30)34-21-23-39-37(26-34)28-38-27-35(33-19-15-31(16-20-33)11-7-5-2)22-24-40(38)41(39)36-12-8-9-29(3)25-36;1-39(2,3)34-18-12-27(13-19-34)30-16-22-36-32(24-30)26-33-25-31(28-14-20-35(21-15-28)40(4,5)6)17-23-37(33)38(36)29-10-8-7-9-11-29/h11-28H,5-10H2,1-4H3;8-9,12-28H,4-7,10-11H2,1-3H3;7-26H,1-6H3. The normalized spacial score (nSPS) is 11.7. The summed E-state index contributed by atoms with van der Waals surface area (Å²) < 4.78 is 0. The zero-order chi connectivity index (χ0) is 85.3. The van der Waals surface area contributed by atoms with Crippen LogP contribution in [0.1, 0.15) is 171 Å². The lowest BCUT2D eigenvalue weighted by Crippen LogP contribution is -2.10. The molecule has 0 aliphatic heterocycles. The summed E-state index contributed by atoms with van der Waals surface area (Å²) in [5.41, 5.74) is 35.6. The third-order valence-corrected chi connectivity index (χ3v) is 25.3. The molecule has 612 valence electrons. The maximum Gasteiger partial charge on any atom is -0.00266 e. The first-order valence-corrected chi connectivity index (χ1v) is 45.5. The van der Waals surface area contributed by atoms with E-state index in [0.29, 0.717) is 0 Å². The van der Waals surface area contributed by atoms with Gasteiger partial charge < -0.3 is 0 Å². The SMILES string of the molecule is CC(C)(C)c1ccc(-c2ccc3c(-c4ccccc4)c4ccc(-c5ccc(C(C)(C)C)cc5)cc4cc3c2)cc1.CCCCc1ccc(-c2ccc3c(-c4cc(C)cc(C)c4)c4ccc(-c5ccc(CCCC)cc5)cc4cc3c2)cc1.CCCCc1ccc(-c2ccc3c(-c4cccc(C)c4)c4ccc(-c5ccc(CCCC)cc5)cc4cc3c2)cc1. The molecular formula is C123H120. The monoisotopic (exact) mass is 1600 g/mol. The summed E-state index contributed by atoms with van der Waals surface area (Å²) in [4.78, 5) is 0. The highest BCUT2D eigenvalue weighted by Crippen LogP contribution is 2.45. The van der Waals surface area contributed by atoms with Gasteiger partial charge in [-0.05, 0) is 336 Å². The van der Waals surface area contributed by atoms with E-state index in [2.05, 4.69) is 436 Å². The summed E-state index contributed by atoms with van der Waals surface area (Å²) in [6, 6.07) is 131. The van der Waals surface area contributed by atoms with Gasteiger partial charge in [-0.2, -0.15) is 0 Å². The topological polar surface area (TPSA) is 0 Å². The Bertz CT molecular complexity index is 6380. The molecule has 0 unspecified atom stereocenters. The molecule has 123 heavy (non-hydrogen) atoms. The molecule has 18 aromatic carbocycles. The van der Waals surface area contributed by atoms with Gasteiger partial charge in [0.05, 0.1) is 0 Å². The fraction of sp³-hybridized carbons (Fsp3) is 0.220. The quantitative estimate of drug-likeness (QED) is 0.0629. The molecule has 0 N–H and O–H groups in total. The van der Waals surface area contributed by atoms with Gasteiger partial charge in [-0.1, -0.05) is 403 Å². The average molecular weight is 1600 g/mol. The second-order valence-corrected chi connectivity index (χ2v) is 36.8. The first-order chi connectivity index (χ1) is 59.7. The van der Waals surface area contributed by atoms with E-state index in [0.717, 1.165) is 25.7 Å². The summed E-state index contributed by atoms with van der Waals surface area (Å²) in [5.74, 6) is 0. The molecule has 0 fully saturated rings. The molecule has 0 aliphatic rings. The van der Waals surface area contributed by atoms with Crippen LogP contribution in [0.2, 0.25) is 0 Å². The molecule has 0 radical (unpaired) electrons. The van der Waals surface area contributed by atoms with Gasteiger partial charge >= 0.3 is 0 Å². The lowest BCUT2D eigenvalue weighted by Gasteiger charge is -2.19. The smallest absolute Gasteiger partial charge is 0.00266 e. The molecule has 18 aromatic rings. The zero-order valence-electron chi connectivity index (χ0n) is 74.9. The Kier molecular flexibility index (Phi) is 25.6. The van der Waals surface area contributed by atoms with Gasteiger partial charge in [-0.15, -0.1) is 0 Å². The summed E-state index contributed by atoms with van der Waals surface area (Å²) in [7, 11) is 0. The van der Waals surface area contributed by atoms with E-state index in [9.17, 15) is 0 Å². The van der Waals surface area contributed by atoms with Gasteiger partial charge in [0.1, 0.15) is 0 Å². The lowest BCUT2D eigenvalue weighted by atomic mass is 9.85. The third-order valence-electron chi connectivity index (χ3n) is 25.3. The van der Waals surface area contributed by atoms with Crippen molar-refractivity contribution in [3.63, 3.8) is 0 Å². The molecule has 0 bridgehead atoms. The molecule has 0 amide bonds. The van der Waals surface area contributed by atoms with Gasteiger partial charge in [0.25, 0.3) is 0 Å². The van der Waals surface area contributed by atoms with Crippen molar-refractivity contribution in [2.75, 3.05) is 0 Å². The number of hydrogen-bond donors (Lipinski definition) is 0. The predicted molar refractivity (Wildman–Crippen MR) is 539 cm³/mol. The first kappa shape index (κ1) is 84.1. The van der Waals surface area contributed by atoms with Crippen LogP contribution in [0.5, 0.6) is 0 Å². The van der Waals surface area contributed by atoms with E-state index in [1.165, 1.54) is 266 Å². The number of hydrogen-bond acceptors (Lipinski definition) is 0. The minimum Gasteiger partial charge on any atom is -0.0654 e. The van der Waals surface area contributed by atoms with Gasteiger partial charge in [-0.3, -0.25) is 0 Å². The molecular weight excluding hydrogens is 1480 g/mol. The number of unbranched alkanes of at least 4 members (excludes halogenated alkanes) is 4. The molecule has 18 rings (SSSR count). The van der Waals surface area contributed by atoms with E-state index in [1.807, 2.05) is 0 Å². The van der Waals surface area contributed by atoms with Crippen LogP contribution >= 0.6 is 0 Å². The van der Waals surface area contributed by atoms with Crippen molar-refractivity contribution in [3.05, 3.63) is 396 Å². The van der Waals surface area contributed by atoms with Gasteiger partial charge in [-0.25, -0.2) is 0 Å². The Hall–Kier alpha value is -12.5. The Morgan fingerprint density at radius 3 is 0.675 bits per heavy atom. The number of fused-ring (bicyclic) bond motifs is 6. The maximum absolute atomic E-state index is 2.40. The second kappa shape index (κ2) is 37.5. The van der Waals surface area contributed by atoms with Crippen LogP contribution in [0, 0.1) is 20.8 Å². The van der Waals surface area contributed by atoms with Crippen molar-refractivity contribution in [1.29, 1.82) is 0 Å². The summed E-state index contributed by atoms with van der Waals surface area (Å²) >= 11 is 0.